The summed E-state index contributed by atoms with van der Waals surface area (Å²) in [5.74, 6) is 0.173. The van der Waals surface area contributed by atoms with Crippen LogP contribution in [0.5, 0.6) is 0 Å². The van der Waals surface area contributed by atoms with Crippen molar-refractivity contribution in [1.29, 1.82) is 0 Å². The van der Waals surface area contributed by atoms with Gasteiger partial charge in [-0.15, -0.1) is 0 Å². The van der Waals surface area contributed by atoms with E-state index in [1.807, 2.05) is 92.8 Å². The quantitative estimate of drug-likeness (QED) is 0.0365. The van der Waals surface area contributed by atoms with Crippen LogP contribution in [0.1, 0.15) is 185 Å². The van der Waals surface area contributed by atoms with Crippen molar-refractivity contribution in [3.05, 3.63) is 231 Å². The summed E-state index contributed by atoms with van der Waals surface area (Å²) < 4.78 is 11.4. The molecule has 0 atom stereocenters. The number of pyridine rings is 4. The molecule has 6 N–H and O–H groups in total. The average Bonchev–Trinajstić information content (AvgIpc) is 1.50. The Bertz CT molecular complexity index is 5360. The molecular weight excluding hydrogens is 1370 g/mol. The number of H-pyrrole nitrogens is 3. The van der Waals surface area contributed by atoms with E-state index in [1.54, 1.807) is 24.5 Å². The number of aromatic amines is 3. The summed E-state index contributed by atoms with van der Waals surface area (Å²) in [7, 11) is 2.14. The van der Waals surface area contributed by atoms with Crippen LogP contribution in [-0.4, -0.2) is 136 Å². The summed E-state index contributed by atoms with van der Waals surface area (Å²) in [6.07, 6.45) is 15.2. The smallest absolute Gasteiger partial charge is 0.253 e. The summed E-state index contributed by atoms with van der Waals surface area (Å²) in [5.41, 5.74) is 16.1. The Morgan fingerprint density at radius 3 is 1.65 bits per heavy atom. The van der Waals surface area contributed by atoms with E-state index in [0.717, 1.165) is 187 Å². The molecule has 1 saturated carbocycles. The molecular formula is C85H101N17O7. The van der Waals surface area contributed by atoms with Gasteiger partial charge in [-0.05, 0) is 199 Å². The van der Waals surface area contributed by atoms with Gasteiger partial charge in [0.15, 0.2) is 5.69 Å². The fourth-order valence-electron chi connectivity index (χ4n) is 15.3. The average molecular weight is 1470 g/mol. The molecule has 4 aromatic carbocycles. The van der Waals surface area contributed by atoms with Crippen LogP contribution < -0.4 is 37.5 Å². The van der Waals surface area contributed by atoms with E-state index in [2.05, 4.69) is 154 Å². The number of hydrogen-bond acceptors (Lipinski definition) is 14. The molecule has 0 bridgehead atoms. The zero-order valence-corrected chi connectivity index (χ0v) is 64.6. The second-order valence-corrected chi connectivity index (χ2v) is 29.5. The molecule has 9 heterocycles. The van der Waals surface area contributed by atoms with Gasteiger partial charge >= 0.3 is 0 Å². The number of anilines is 1. The summed E-state index contributed by atoms with van der Waals surface area (Å²) in [6.45, 7) is 35.8. The molecule has 7 aromatic heterocycles. The van der Waals surface area contributed by atoms with Gasteiger partial charge in [-0.2, -0.15) is 15.3 Å². The zero-order chi connectivity index (χ0) is 77.2. The summed E-state index contributed by atoms with van der Waals surface area (Å²) in [6, 6.07) is 30.7. The number of aromatic nitrogens is 10. The number of rotatable bonds is 21. The van der Waals surface area contributed by atoms with Gasteiger partial charge in [0.2, 0.25) is 0 Å². The van der Waals surface area contributed by atoms with Crippen LogP contribution in [-0.2, 0) is 37.3 Å². The van der Waals surface area contributed by atoms with Gasteiger partial charge in [-0.1, -0.05) is 64.3 Å². The van der Waals surface area contributed by atoms with Crippen LogP contribution in [0.4, 0.5) is 11.5 Å². The second kappa shape index (κ2) is 34.8. The van der Waals surface area contributed by atoms with Gasteiger partial charge in [0, 0.05) is 133 Å². The number of piperazine rings is 1. The summed E-state index contributed by atoms with van der Waals surface area (Å²) in [4.78, 5) is 101. The first-order valence-electron chi connectivity index (χ1n) is 38.3. The van der Waals surface area contributed by atoms with Crippen molar-refractivity contribution in [1.82, 2.24) is 75.0 Å². The molecule has 2 saturated heterocycles. The van der Waals surface area contributed by atoms with E-state index >= 15 is 0 Å². The monoisotopic (exact) mass is 1470 g/mol. The molecule has 3 aliphatic rings. The molecule has 0 radical (unpaired) electrons. The lowest BCUT2D eigenvalue weighted by atomic mass is 9.98. The van der Waals surface area contributed by atoms with Crippen molar-refractivity contribution in [3.8, 4) is 22.3 Å². The van der Waals surface area contributed by atoms with Crippen LogP contribution in [0, 0.1) is 41.2 Å². The summed E-state index contributed by atoms with van der Waals surface area (Å²) >= 11 is 0. The number of nitrogens with one attached hydrogen (secondary N) is 6. The molecule has 3 fully saturated rings. The number of carbonyl (C=O) groups excluding carboxylic acids is 3. The molecule has 0 spiro atoms. The zero-order valence-electron chi connectivity index (χ0n) is 64.6. The van der Waals surface area contributed by atoms with E-state index in [4.69, 9.17) is 16.4 Å². The molecule has 568 valence electrons. The Morgan fingerprint density at radius 1 is 0.578 bits per heavy atom. The number of morpholine rings is 1. The van der Waals surface area contributed by atoms with Gasteiger partial charge in [-0.3, -0.25) is 47.7 Å². The normalized spacial score (nSPS) is 14.3. The number of ether oxygens (including phenoxy) is 1. The highest BCUT2D eigenvalue weighted by Gasteiger charge is 2.26. The number of nitrogens with zero attached hydrogens (tertiary/aromatic N) is 11. The predicted molar refractivity (Wildman–Crippen MR) is 430 cm³/mol. The van der Waals surface area contributed by atoms with Gasteiger partial charge in [0.1, 0.15) is 5.82 Å². The second-order valence-electron chi connectivity index (χ2n) is 29.5. The first-order chi connectivity index (χ1) is 52.6. The highest BCUT2D eigenvalue weighted by atomic mass is 16.5. The minimum absolute atomic E-state index is 0.116. The fourth-order valence-corrected chi connectivity index (χ4v) is 15.3. The van der Waals surface area contributed by atoms with E-state index in [1.165, 1.54) is 18.4 Å². The van der Waals surface area contributed by atoms with Crippen LogP contribution >= 0.6 is 0 Å². The third-order valence-electron chi connectivity index (χ3n) is 21.3. The highest BCUT2D eigenvalue weighted by molar-refractivity contribution is 6.10. The van der Waals surface area contributed by atoms with Crippen molar-refractivity contribution in [2.45, 2.75) is 165 Å². The minimum atomic E-state index is -0.330. The minimum Gasteiger partial charge on any atom is -0.379 e. The Hall–Kier alpha value is -11.1. The van der Waals surface area contributed by atoms with Gasteiger partial charge in [0.05, 0.1) is 78.1 Å². The first-order valence-corrected chi connectivity index (χ1v) is 38.3. The van der Waals surface area contributed by atoms with Crippen molar-refractivity contribution in [2.75, 3.05) is 64.4 Å². The van der Waals surface area contributed by atoms with Crippen LogP contribution in [0.25, 0.3) is 59.8 Å². The van der Waals surface area contributed by atoms with Crippen LogP contribution in [0.2, 0.25) is 0 Å². The lowest BCUT2D eigenvalue weighted by Gasteiger charge is -2.33. The van der Waals surface area contributed by atoms with E-state index < -0.39 is 0 Å². The maximum absolute atomic E-state index is 13.7. The Morgan fingerprint density at radius 2 is 1.09 bits per heavy atom. The third kappa shape index (κ3) is 17.9. The Balaban J connectivity index is 0.000000155. The number of hydrogen-bond donors (Lipinski definition) is 6. The molecule has 14 rings (SSSR count). The lowest BCUT2D eigenvalue weighted by Crippen LogP contribution is -2.44. The molecule has 109 heavy (non-hydrogen) atoms. The molecule has 2 aliphatic heterocycles. The maximum Gasteiger partial charge on any atom is 0.253 e. The predicted octanol–water partition coefficient (Wildman–Crippen LogP) is 13.4. The molecule has 3 amide bonds. The fraction of sp³-hybridized carbons (Fsp3) is 0.400. The number of amides is 3. The maximum atomic E-state index is 13.7. The largest absolute Gasteiger partial charge is 0.379 e. The van der Waals surface area contributed by atoms with Crippen LogP contribution in [0.3, 0.4) is 0 Å². The van der Waals surface area contributed by atoms with Crippen LogP contribution in [0.15, 0.2) is 130 Å². The van der Waals surface area contributed by atoms with Crippen molar-refractivity contribution in [2.24, 2.45) is 0 Å². The van der Waals surface area contributed by atoms with E-state index in [0.29, 0.717) is 50.5 Å². The molecule has 24 nitrogen and oxygen atoms in total. The molecule has 11 aromatic rings. The topological polar surface area (TPSA) is 276 Å². The number of carbonyl (C=O) groups is 3. The highest BCUT2D eigenvalue weighted by Crippen LogP contribution is 2.37. The Kier molecular flexibility index (Phi) is 24.8. The molecule has 24 heteroatoms. The third-order valence-corrected chi connectivity index (χ3v) is 21.3. The number of benzene rings is 4. The number of likely N-dealkylation sites (N-methyl/N-ethyl adjacent to an activating group) is 1. The number of fused-ring (bicyclic) bond motifs is 3. The van der Waals surface area contributed by atoms with Gasteiger partial charge in [-0.25, -0.2) is 9.83 Å². The molecule has 0 unspecified atom stereocenters. The first kappa shape index (κ1) is 77.5. The van der Waals surface area contributed by atoms with Crippen molar-refractivity contribution < 1.29 is 19.1 Å². The van der Waals surface area contributed by atoms with Crippen molar-refractivity contribution in [3.63, 3.8) is 0 Å². The molecule has 1 aliphatic carbocycles. The van der Waals surface area contributed by atoms with Gasteiger partial charge < -0.3 is 45.4 Å². The Labute approximate surface area is 635 Å². The number of aryl methyl sites for hydroxylation is 6. The van der Waals surface area contributed by atoms with Crippen molar-refractivity contribution >= 4 is 61.9 Å². The van der Waals surface area contributed by atoms with Gasteiger partial charge in [0.25, 0.3) is 34.4 Å². The summed E-state index contributed by atoms with van der Waals surface area (Å²) in [5, 5.41) is 25.1. The SMILES string of the molecule is CCCc1cc(C)[nH]c(=O)c1CNC(=O)c1cc(-c2ccnc(N3CCN(C)CC3)c2)cc2c1cnn2C(C)C.Cc1cc(C)c(CNC(=O)c2cc(-c3ccc(CN4CCOCC4)cc3)cc3c2cnn3C2CCCC2)c(=O)[nH]1.[C-]#[N+]c1cc(C(=O)NCc2c(C)cc(C)[nH]c2=O)c2cnn(C(CC)CC)c2c1. The lowest BCUT2D eigenvalue weighted by molar-refractivity contribution is 0.0342. The van der Waals surface area contributed by atoms with E-state index in [9.17, 15) is 28.8 Å². The standard InChI is InChI=1S/C32H37N5O3.C31H39N7O2.C22H25N5O2/c1-21-15-22(2)35-32(39)28(21)18-33-31(38)27-16-25(17-30-29(27)19-34-37(30)26-5-3-4-6-26)24-9-7-23(8-10-24)20-36-11-13-40-14-12-36;1-6-7-23-14-21(4)35-31(40)26(23)18-33-30(39)25-15-24(16-28-27(25)19-34-38(28)20(2)3)22-8-9-32-29(17-22)37-12-10-36(5)11-13-37;1-6-16(7-2)27-20-10-15(23-5)9-17(19(20)12-25-27)21(28)24-11-18-13(3)8-14(4)26-22(18)29/h7-10,15-17,19,26H,3-6,11-14,18,20H2,1-2H3,(H,33,38)(H,35,39);8-9,14-17,19-20H,6-7,10-13,18H2,1-5H3,(H,33,39)(H,35,40);8-10,12,16H,6-7,11H2,1-4H3,(H,24,28)(H,26,29). The van der Waals surface area contributed by atoms with E-state index in [-0.39, 0.29) is 66.1 Å².